The SMILES string of the molecule is C=C[C@@H](CCC/C=C/C(=O)O[C@H](C/C(C)=C/COC(C)=O)[C@H](C)COCc1ccccc1)OCc1ccc(OC)cc1. The number of esters is 2. The minimum absolute atomic E-state index is 0.0423. The maximum absolute atomic E-state index is 12.7. The van der Waals surface area contributed by atoms with Crippen molar-refractivity contribution < 1.29 is 33.3 Å². The van der Waals surface area contributed by atoms with E-state index in [1.807, 2.05) is 86.7 Å². The van der Waals surface area contributed by atoms with Gasteiger partial charge in [-0.2, -0.15) is 0 Å². The van der Waals surface area contributed by atoms with Gasteiger partial charge in [-0.15, -0.1) is 6.58 Å². The monoisotopic (exact) mass is 578 g/mol. The maximum atomic E-state index is 12.7. The van der Waals surface area contributed by atoms with Crippen LogP contribution in [0, 0.1) is 5.92 Å². The van der Waals surface area contributed by atoms with Crippen LogP contribution < -0.4 is 4.74 Å². The van der Waals surface area contributed by atoms with Crippen LogP contribution >= 0.6 is 0 Å². The van der Waals surface area contributed by atoms with E-state index in [-0.39, 0.29) is 30.7 Å². The molecule has 42 heavy (non-hydrogen) atoms. The van der Waals surface area contributed by atoms with Gasteiger partial charge in [-0.25, -0.2) is 4.79 Å². The standard InChI is InChI=1S/C35H46O7/c1-6-32(41-26-31-17-19-33(38-5)20-18-31)15-11-8-12-16-35(37)42-34(23-27(2)21-22-40-29(4)36)28(3)24-39-25-30-13-9-7-10-14-30/h6-7,9-10,12-14,16-21,28,32,34H,1,8,11,15,22-26H2,2-5H3/b16-12+,27-21+/t28-,32+,34-/m1/s1. The van der Waals surface area contributed by atoms with Crippen molar-refractivity contribution >= 4 is 11.9 Å². The van der Waals surface area contributed by atoms with Crippen molar-refractivity contribution in [1.82, 2.24) is 0 Å². The number of unbranched alkanes of at least 4 members (excludes halogenated alkanes) is 1. The van der Waals surface area contributed by atoms with E-state index in [0.29, 0.717) is 32.7 Å². The molecule has 2 aromatic rings. The lowest BCUT2D eigenvalue weighted by Crippen LogP contribution is -2.28. The Balaban J connectivity index is 1.82. The van der Waals surface area contributed by atoms with Crippen molar-refractivity contribution in [2.24, 2.45) is 5.92 Å². The Morgan fingerprint density at radius 2 is 1.69 bits per heavy atom. The number of methoxy groups -OCH3 is 1. The molecule has 0 N–H and O–H groups in total. The van der Waals surface area contributed by atoms with Crippen LogP contribution in [0.2, 0.25) is 0 Å². The number of benzene rings is 2. The van der Waals surface area contributed by atoms with Crippen LogP contribution in [-0.2, 0) is 41.8 Å². The zero-order valence-corrected chi connectivity index (χ0v) is 25.5. The first-order valence-corrected chi connectivity index (χ1v) is 14.5. The maximum Gasteiger partial charge on any atom is 0.330 e. The Bertz CT molecular complexity index is 1120. The first-order valence-electron chi connectivity index (χ1n) is 14.5. The molecule has 0 heterocycles. The van der Waals surface area contributed by atoms with Crippen molar-refractivity contribution in [1.29, 1.82) is 0 Å². The number of carbonyl (C=O) groups is 2. The minimum Gasteiger partial charge on any atom is -0.497 e. The molecule has 0 aromatic heterocycles. The van der Waals surface area contributed by atoms with Crippen molar-refractivity contribution in [3.05, 3.63) is 102 Å². The Hall–Kier alpha value is -3.68. The highest BCUT2D eigenvalue weighted by atomic mass is 16.5. The Kier molecular flexibility index (Phi) is 16.6. The summed E-state index contributed by atoms with van der Waals surface area (Å²) in [6.45, 7) is 10.8. The summed E-state index contributed by atoms with van der Waals surface area (Å²) < 4.78 is 28.0. The van der Waals surface area contributed by atoms with Gasteiger partial charge in [0.05, 0.1) is 33.0 Å². The highest BCUT2D eigenvalue weighted by Gasteiger charge is 2.22. The topological polar surface area (TPSA) is 80.3 Å². The van der Waals surface area contributed by atoms with Crippen LogP contribution in [0.4, 0.5) is 0 Å². The van der Waals surface area contributed by atoms with E-state index in [4.69, 9.17) is 23.7 Å². The van der Waals surface area contributed by atoms with Gasteiger partial charge in [0.2, 0.25) is 0 Å². The molecule has 0 spiro atoms. The number of carbonyl (C=O) groups excluding carboxylic acids is 2. The smallest absolute Gasteiger partial charge is 0.330 e. The summed E-state index contributed by atoms with van der Waals surface area (Å²) in [5.41, 5.74) is 3.12. The summed E-state index contributed by atoms with van der Waals surface area (Å²) in [5, 5.41) is 0. The molecule has 228 valence electrons. The average Bonchev–Trinajstić information content (AvgIpc) is 2.98. The lowest BCUT2D eigenvalue weighted by molar-refractivity contribution is -0.146. The van der Waals surface area contributed by atoms with Crippen LogP contribution in [0.1, 0.15) is 57.6 Å². The zero-order chi connectivity index (χ0) is 30.6. The summed E-state index contributed by atoms with van der Waals surface area (Å²) in [4.78, 5) is 23.8. The molecular formula is C35H46O7. The Labute approximate surface area is 251 Å². The molecule has 0 aliphatic heterocycles. The number of allylic oxidation sites excluding steroid dienone is 1. The third-order valence-electron chi connectivity index (χ3n) is 6.64. The van der Waals surface area contributed by atoms with Crippen molar-refractivity contribution in [3.63, 3.8) is 0 Å². The molecule has 0 saturated carbocycles. The lowest BCUT2D eigenvalue weighted by Gasteiger charge is -2.24. The molecule has 0 saturated heterocycles. The van der Waals surface area contributed by atoms with Crippen LogP contribution in [0.25, 0.3) is 0 Å². The largest absolute Gasteiger partial charge is 0.497 e. The molecule has 3 atom stereocenters. The van der Waals surface area contributed by atoms with Crippen molar-refractivity contribution in [2.45, 2.75) is 71.9 Å². The van der Waals surface area contributed by atoms with Gasteiger partial charge in [-0.05, 0) is 55.5 Å². The fourth-order valence-electron chi connectivity index (χ4n) is 4.10. The lowest BCUT2D eigenvalue weighted by atomic mass is 9.98. The number of rotatable bonds is 20. The van der Waals surface area contributed by atoms with Gasteiger partial charge in [0.25, 0.3) is 0 Å². The van der Waals surface area contributed by atoms with Gasteiger partial charge >= 0.3 is 11.9 Å². The Morgan fingerprint density at radius 3 is 2.36 bits per heavy atom. The van der Waals surface area contributed by atoms with E-state index in [2.05, 4.69) is 6.58 Å². The van der Waals surface area contributed by atoms with Gasteiger partial charge in [-0.3, -0.25) is 4.79 Å². The van der Waals surface area contributed by atoms with E-state index in [1.165, 1.54) is 13.0 Å². The third kappa shape index (κ3) is 14.8. The van der Waals surface area contributed by atoms with Crippen LogP contribution in [0.15, 0.2) is 91.1 Å². The van der Waals surface area contributed by atoms with Crippen LogP contribution in [-0.4, -0.2) is 44.5 Å². The van der Waals surface area contributed by atoms with Crippen LogP contribution in [0.3, 0.4) is 0 Å². The second kappa shape index (κ2) is 20.2. The quantitative estimate of drug-likeness (QED) is 0.0714. The molecule has 2 rings (SSSR count). The minimum atomic E-state index is -0.390. The summed E-state index contributed by atoms with van der Waals surface area (Å²) in [6.07, 6.45) is 9.38. The normalized spacial score (nSPS) is 13.8. The first-order chi connectivity index (χ1) is 20.3. The number of ether oxygens (including phenoxy) is 5. The highest BCUT2D eigenvalue weighted by molar-refractivity contribution is 5.82. The summed E-state index contributed by atoms with van der Waals surface area (Å²) in [7, 11) is 1.64. The molecule has 0 aliphatic carbocycles. The van der Waals surface area contributed by atoms with E-state index in [0.717, 1.165) is 35.3 Å². The summed E-state index contributed by atoms with van der Waals surface area (Å²) >= 11 is 0. The van der Waals surface area contributed by atoms with Crippen LogP contribution in [0.5, 0.6) is 5.75 Å². The molecule has 0 radical (unpaired) electrons. The predicted molar refractivity (Wildman–Crippen MR) is 165 cm³/mol. The van der Waals surface area contributed by atoms with Crippen molar-refractivity contribution in [2.75, 3.05) is 20.3 Å². The van der Waals surface area contributed by atoms with E-state index >= 15 is 0 Å². The highest BCUT2D eigenvalue weighted by Crippen LogP contribution is 2.19. The third-order valence-corrected chi connectivity index (χ3v) is 6.64. The van der Waals surface area contributed by atoms with E-state index in [9.17, 15) is 9.59 Å². The summed E-state index contributed by atoms with van der Waals surface area (Å²) in [6, 6.07) is 17.7. The van der Waals surface area contributed by atoms with E-state index < -0.39 is 5.97 Å². The molecule has 0 aliphatic rings. The first kappa shape index (κ1) is 34.5. The number of hydrogen-bond donors (Lipinski definition) is 0. The number of hydrogen-bond acceptors (Lipinski definition) is 7. The van der Waals surface area contributed by atoms with Gasteiger partial charge in [0.15, 0.2) is 0 Å². The van der Waals surface area contributed by atoms with Gasteiger partial charge in [0, 0.05) is 25.3 Å². The fraction of sp³-hybridized carbons (Fsp3) is 0.429. The molecule has 0 amide bonds. The van der Waals surface area contributed by atoms with E-state index in [1.54, 1.807) is 7.11 Å². The zero-order valence-electron chi connectivity index (χ0n) is 25.5. The molecule has 0 bridgehead atoms. The van der Waals surface area contributed by atoms with Gasteiger partial charge in [-0.1, -0.05) is 67.1 Å². The molecule has 0 fully saturated rings. The van der Waals surface area contributed by atoms with Crippen molar-refractivity contribution in [3.8, 4) is 5.75 Å². The second-order valence-corrected chi connectivity index (χ2v) is 10.3. The van der Waals surface area contributed by atoms with Gasteiger partial charge < -0.3 is 23.7 Å². The molecule has 2 aromatic carbocycles. The molecule has 7 heteroatoms. The second-order valence-electron chi connectivity index (χ2n) is 10.3. The molecule has 7 nitrogen and oxygen atoms in total. The Morgan fingerprint density at radius 1 is 0.976 bits per heavy atom. The molecular weight excluding hydrogens is 532 g/mol. The fourth-order valence-corrected chi connectivity index (χ4v) is 4.10. The average molecular weight is 579 g/mol. The molecule has 0 unspecified atom stereocenters. The summed E-state index contributed by atoms with van der Waals surface area (Å²) in [5.74, 6) is 0.0449. The predicted octanol–water partition coefficient (Wildman–Crippen LogP) is 7.16. The van der Waals surface area contributed by atoms with Gasteiger partial charge in [0.1, 0.15) is 18.5 Å².